The van der Waals surface area contributed by atoms with Crippen LogP contribution in [0.15, 0.2) is 58.7 Å². The largest absolute Gasteiger partial charge is 0.306 e. The maximum Gasteiger partial charge on any atom is 0.160 e. The van der Waals surface area contributed by atoms with Crippen molar-refractivity contribution in [2.24, 2.45) is 10.9 Å². The molecule has 1 aliphatic carbocycles. The van der Waals surface area contributed by atoms with Gasteiger partial charge in [-0.05, 0) is 74.4 Å². The lowest BCUT2D eigenvalue weighted by Crippen LogP contribution is -2.47. The number of amidine groups is 1. The van der Waals surface area contributed by atoms with Gasteiger partial charge in [-0.1, -0.05) is 32.9 Å². The highest BCUT2D eigenvalue weighted by Crippen LogP contribution is 2.48. The molecule has 11 heteroatoms. The van der Waals surface area contributed by atoms with E-state index in [9.17, 15) is 17.2 Å². The van der Waals surface area contributed by atoms with Crippen molar-refractivity contribution in [2.75, 3.05) is 5.75 Å². The first-order chi connectivity index (χ1) is 19.1. The van der Waals surface area contributed by atoms with Crippen molar-refractivity contribution in [2.45, 2.75) is 70.2 Å². The number of nitrogens with zero attached hydrogens (tertiary/aromatic N) is 2. The third-order valence-corrected chi connectivity index (χ3v) is 10.7. The Morgan fingerprint density at radius 1 is 1.05 bits per heavy atom. The maximum absolute atomic E-state index is 14.6. The molecular formula is C29H36F2N6O2S. The predicted molar refractivity (Wildman–Crippen MR) is 152 cm³/mol. The molecule has 40 heavy (non-hydrogen) atoms. The van der Waals surface area contributed by atoms with Crippen molar-refractivity contribution in [1.29, 1.82) is 0 Å². The van der Waals surface area contributed by atoms with E-state index >= 15 is 0 Å². The smallest absolute Gasteiger partial charge is 0.160 e. The number of benzene rings is 1. The van der Waals surface area contributed by atoms with E-state index in [4.69, 9.17) is 4.98 Å². The topological polar surface area (TPSA) is 108 Å². The molecule has 0 saturated heterocycles. The van der Waals surface area contributed by atoms with Crippen molar-refractivity contribution in [3.05, 3.63) is 82.3 Å². The number of nitrogens with one attached hydrogen (secondary N) is 4. The van der Waals surface area contributed by atoms with Crippen molar-refractivity contribution in [3.63, 3.8) is 0 Å². The van der Waals surface area contributed by atoms with Crippen LogP contribution in [0.2, 0.25) is 0 Å². The normalized spacial score (nSPS) is 25.2. The van der Waals surface area contributed by atoms with Crippen LogP contribution in [0.3, 0.4) is 0 Å². The molecular weight excluding hydrogens is 534 g/mol. The van der Waals surface area contributed by atoms with Gasteiger partial charge in [0.1, 0.15) is 22.7 Å². The van der Waals surface area contributed by atoms with Crippen molar-refractivity contribution in [1.82, 2.24) is 26.7 Å². The zero-order valence-corrected chi connectivity index (χ0v) is 24.0. The fraction of sp³-hybridized carbons (Fsp3) is 0.448. The zero-order valence-electron chi connectivity index (χ0n) is 23.2. The van der Waals surface area contributed by atoms with Gasteiger partial charge in [0.05, 0.1) is 28.1 Å². The third kappa shape index (κ3) is 4.79. The van der Waals surface area contributed by atoms with E-state index < -0.39 is 38.3 Å². The molecule has 1 unspecified atom stereocenters. The first-order valence-corrected chi connectivity index (χ1v) is 15.6. The molecule has 4 N–H and O–H groups in total. The lowest BCUT2D eigenvalue weighted by atomic mass is 9.65. The number of pyridine rings is 1. The highest BCUT2D eigenvalue weighted by Gasteiger charge is 2.44. The van der Waals surface area contributed by atoms with Gasteiger partial charge in [-0.3, -0.25) is 4.98 Å². The first-order valence-electron chi connectivity index (χ1n) is 13.9. The Bertz CT molecular complexity index is 1490. The molecule has 2 aliphatic heterocycles. The van der Waals surface area contributed by atoms with Gasteiger partial charge in [-0.2, -0.15) is 0 Å². The number of hydrogen-bond acceptors (Lipinski definition) is 8. The average molecular weight is 571 g/mol. The number of sulfone groups is 1. The molecule has 0 spiro atoms. The summed E-state index contributed by atoms with van der Waals surface area (Å²) in [4.78, 5) is 9.65. The highest BCUT2D eigenvalue weighted by molar-refractivity contribution is 7.92. The van der Waals surface area contributed by atoms with Crippen LogP contribution in [0.1, 0.15) is 76.5 Å². The number of halogens is 2. The maximum atomic E-state index is 14.6. The minimum Gasteiger partial charge on any atom is -0.306 e. The summed E-state index contributed by atoms with van der Waals surface area (Å²) in [5, 5.41) is -0.755. The fourth-order valence-corrected chi connectivity index (χ4v) is 6.93. The summed E-state index contributed by atoms with van der Waals surface area (Å²) in [5.74, 6) is -0.615. The Kier molecular flexibility index (Phi) is 7.71. The van der Waals surface area contributed by atoms with E-state index in [2.05, 4.69) is 40.5 Å². The number of allylic oxidation sites excluding steroid dienone is 3. The number of aliphatic imine (C=N–C) groups is 1. The van der Waals surface area contributed by atoms with E-state index in [1.807, 2.05) is 24.3 Å². The molecule has 0 saturated carbocycles. The molecule has 0 bridgehead atoms. The Labute approximate surface area is 234 Å². The van der Waals surface area contributed by atoms with E-state index in [0.717, 1.165) is 42.6 Å². The lowest BCUT2D eigenvalue weighted by Gasteiger charge is -2.45. The van der Waals surface area contributed by atoms with Crippen LogP contribution in [0.5, 0.6) is 0 Å². The molecule has 1 aromatic heterocycles. The molecule has 0 radical (unpaired) electrons. The zero-order chi connectivity index (χ0) is 28.7. The molecule has 214 valence electrons. The van der Waals surface area contributed by atoms with Gasteiger partial charge in [-0.15, -0.1) is 0 Å². The van der Waals surface area contributed by atoms with E-state index in [-0.39, 0.29) is 17.2 Å². The molecule has 1 aromatic carbocycles. The molecule has 0 amide bonds. The van der Waals surface area contributed by atoms with E-state index in [1.54, 1.807) is 13.8 Å². The summed E-state index contributed by atoms with van der Waals surface area (Å²) in [6.07, 6.45) is 4.74. The van der Waals surface area contributed by atoms with Gasteiger partial charge in [-0.25, -0.2) is 27.6 Å². The van der Waals surface area contributed by atoms with Crippen molar-refractivity contribution >= 4 is 21.4 Å². The average Bonchev–Trinajstić information content (AvgIpc) is 3.46. The number of aromatic nitrogens is 1. The van der Waals surface area contributed by atoms with Crippen LogP contribution in [0.25, 0.3) is 5.70 Å². The number of rotatable bonds is 8. The van der Waals surface area contributed by atoms with E-state index in [0.29, 0.717) is 17.2 Å². The van der Waals surface area contributed by atoms with Gasteiger partial charge in [0.15, 0.2) is 16.0 Å². The lowest BCUT2D eigenvalue weighted by molar-refractivity contribution is 0.316. The van der Waals surface area contributed by atoms with Gasteiger partial charge in [0.25, 0.3) is 0 Å². The van der Waals surface area contributed by atoms with Crippen LogP contribution in [-0.2, 0) is 15.3 Å². The van der Waals surface area contributed by atoms with Crippen LogP contribution in [-0.4, -0.2) is 30.2 Å². The summed E-state index contributed by atoms with van der Waals surface area (Å²) >= 11 is 0. The second-order valence-corrected chi connectivity index (χ2v) is 13.2. The molecule has 0 fully saturated rings. The molecule has 3 aliphatic rings. The van der Waals surface area contributed by atoms with Gasteiger partial charge in [0, 0.05) is 11.4 Å². The Morgan fingerprint density at radius 2 is 1.77 bits per heavy atom. The summed E-state index contributed by atoms with van der Waals surface area (Å²) in [7, 11) is -3.30. The molecule has 2 aromatic rings. The van der Waals surface area contributed by atoms with Gasteiger partial charge >= 0.3 is 0 Å². The Balaban J connectivity index is 1.55. The fourth-order valence-electron chi connectivity index (χ4n) is 5.97. The second kappa shape index (κ2) is 10.9. The molecule has 4 atom stereocenters. The molecule has 8 nitrogen and oxygen atoms in total. The minimum absolute atomic E-state index is 0.0310. The summed E-state index contributed by atoms with van der Waals surface area (Å²) < 4.78 is 54.1. The van der Waals surface area contributed by atoms with Crippen LogP contribution >= 0.6 is 0 Å². The quantitative estimate of drug-likeness (QED) is 0.369. The molecule has 5 rings (SSSR count). The first kappa shape index (κ1) is 28.2. The summed E-state index contributed by atoms with van der Waals surface area (Å²) in [5.41, 5.74) is 15.7. The van der Waals surface area contributed by atoms with Crippen molar-refractivity contribution < 1.29 is 17.2 Å². The summed E-state index contributed by atoms with van der Waals surface area (Å²) in [6.45, 7) is 7.49. The Hall–Kier alpha value is -3.31. The number of hydrazine groups is 2. The van der Waals surface area contributed by atoms with Crippen molar-refractivity contribution in [3.8, 4) is 0 Å². The Morgan fingerprint density at radius 3 is 2.45 bits per heavy atom. The van der Waals surface area contributed by atoms with E-state index in [1.165, 1.54) is 18.2 Å². The second-order valence-electron chi connectivity index (χ2n) is 10.5. The number of hydrogen-bond donors (Lipinski definition) is 4. The summed E-state index contributed by atoms with van der Waals surface area (Å²) in [6, 6.07) is 9.68. The van der Waals surface area contributed by atoms with Gasteiger partial charge < -0.3 is 16.3 Å². The monoisotopic (exact) mass is 570 g/mol. The SMILES string of the molecule is CC[C@H]1CC[C@](CC)(c2cccc(C3N=C([C@H](C)S(=O)(=O)CC)NN3)n2)C2=C1C=C(c1c(F)cccc1F)NN2. The molecule has 3 heterocycles. The highest BCUT2D eigenvalue weighted by atomic mass is 32.2. The van der Waals surface area contributed by atoms with Gasteiger partial charge in [0.2, 0.25) is 0 Å². The third-order valence-electron chi connectivity index (χ3n) is 8.55. The van der Waals surface area contributed by atoms with Crippen LogP contribution in [0.4, 0.5) is 8.78 Å². The van der Waals surface area contributed by atoms with Crippen LogP contribution in [0, 0.1) is 17.6 Å². The predicted octanol–water partition coefficient (Wildman–Crippen LogP) is 4.56. The van der Waals surface area contributed by atoms with Crippen LogP contribution < -0.4 is 21.7 Å². The minimum atomic E-state index is -3.30. The standard InChI is InChI=1S/C29H36F2N6O2S/c1-5-18-14-15-29(6-2,26-19(18)16-23(34-35-26)25-20(30)10-8-11-21(25)31)24-13-9-12-22(32-24)28-33-27(36-37-28)17(4)40(38,39)7-3/h8-13,16-18,28,34-35,37H,5-7,14-15H2,1-4H3,(H,33,36)/t17-,18-,28?,29+/m0/s1.